The van der Waals surface area contributed by atoms with Crippen molar-refractivity contribution in [1.29, 1.82) is 0 Å². The first kappa shape index (κ1) is 14.5. The summed E-state index contributed by atoms with van der Waals surface area (Å²) in [4.78, 5) is 3.87. The molecule has 4 nitrogen and oxygen atoms in total. The number of aryl methyl sites for hydroxylation is 1. The molecule has 1 aromatic heterocycles. The Hall–Kier alpha value is -0.520. The first-order chi connectivity index (χ1) is 7.84. The van der Waals surface area contributed by atoms with Gasteiger partial charge in [0, 0.05) is 12.1 Å². The van der Waals surface area contributed by atoms with Crippen molar-refractivity contribution in [3.63, 3.8) is 0 Å². The van der Waals surface area contributed by atoms with Crippen LogP contribution in [0.4, 0.5) is 5.69 Å². The number of pyridine rings is 1. The van der Waals surface area contributed by atoms with Crippen molar-refractivity contribution in [3.8, 4) is 0 Å². The van der Waals surface area contributed by atoms with Gasteiger partial charge in [-0.2, -0.15) is 0 Å². The minimum Gasteiger partial charge on any atom is -0.280 e. The van der Waals surface area contributed by atoms with Gasteiger partial charge in [0.1, 0.15) is 0 Å². The number of hydrogen-bond donors (Lipinski definition) is 1. The van der Waals surface area contributed by atoms with Crippen LogP contribution in [0.5, 0.6) is 0 Å². The van der Waals surface area contributed by atoms with E-state index in [0.717, 1.165) is 5.56 Å². The van der Waals surface area contributed by atoms with Crippen molar-refractivity contribution in [2.45, 2.75) is 13.8 Å². The second-order valence-electron chi connectivity index (χ2n) is 3.99. The fourth-order valence-electron chi connectivity index (χ4n) is 1.25. The number of nitrogens with one attached hydrogen (secondary N) is 1. The van der Waals surface area contributed by atoms with Gasteiger partial charge in [-0.1, -0.05) is 18.5 Å². The van der Waals surface area contributed by atoms with E-state index < -0.39 is 10.0 Å². The van der Waals surface area contributed by atoms with Gasteiger partial charge in [-0.25, -0.2) is 13.4 Å². The van der Waals surface area contributed by atoms with E-state index in [2.05, 4.69) is 9.71 Å². The molecule has 1 N–H and O–H groups in total. The lowest BCUT2D eigenvalue weighted by atomic mass is 10.3. The molecule has 1 aromatic rings. The molecule has 1 rings (SSSR count). The molecular formula is C10H14Cl2N2O2S. The minimum absolute atomic E-state index is 0.0409. The molecule has 1 atom stereocenters. The van der Waals surface area contributed by atoms with E-state index in [1.165, 1.54) is 0 Å². The second-order valence-corrected chi connectivity index (χ2v) is 6.43. The van der Waals surface area contributed by atoms with Gasteiger partial charge in [0.2, 0.25) is 10.0 Å². The summed E-state index contributed by atoms with van der Waals surface area (Å²) in [6.07, 6.45) is 1.57. The molecule has 1 unspecified atom stereocenters. The molecule has 0 saturated heterocycles. The Balaban J connectivity index is 2.86. The first-order valence-corrected chi connectivity index (χ1v) is 7.59. The van der Waals surface area contributed by atoms with Gasteiger partial charge < -0.3 is 0 Å². The quantitative estimate of drug-likeness (QED) is 0.671. The van der Waals surface area contributed by atoms with Crippen LogP contribution in [-0.2, 0) is 10.0 Å². The third kappa shape index (κ3) is 4.69. The number of alkyl halides is 1. The maximum atomic E-state index is 11.8. The molecule has 96 valence electrons. The summed E-state index contributed by atoms with van der Waals surface area (Å²) in [5.41, 5.74) is 1.13. The van der Waals surface area contributed by atoms with Crippen LogP contribution in [0.15, 0.2) is 12.3 Å². The van der Waals surface area contributed by atoms with Gasteiger partial charge in [-0.05, 0) is 24.5 Å². The highest BCUT2D eigenvalue weighted by atomic mass is 35.5. The van der Waals surface area contributed by atoms with Crippen LogP contribution in [0, 0.1) is 12.8 Å². The maximum absolute atomic E-state index is 11.8. The number of aromatic nitrogens is 1. The van der Waals surface area contributed by atoms with E-state index in [9.17, 15) is 8.42 Å². The molecule has 7 heteroatoms. The highest BCUT2D eigenvalue weighted by Gasteiger charge is 2.16. The van der Waals surface area contributed by atoms with Crippen LogP contribution >= 0.6 is 23.2 Å². The molecule has 0 amide bonds. The number of hydrogen-bond acceptors (Lipinski definition) is 3. The molecule has 0 fully saturated rings. The van der Waals surface area contributed by atoms with E-state index in [1.54, 1.807) is 19.2 Å². The Bertz CT molecular complexity index is 491. The molecule has 0 aromatic carbocycles. The zero-order valence-corrected chi connectivity index (χ0v) is 11.9. The lowest BCUT2D eigenvalue weighted by Gasteiger charge is -2.12. The van der Waals surface area contributed by atoms with E-state index in [4.69, 9.17) is 23.2 Å². The molecule has 1 heterocycles. The van der Waals surface area contributed by atoms with Crippen LogP contribution < -0.4 is 4.72 Å². The third-order valence-electron chi connectivity index (χ3n) is 2.01. The topological polar surface area (TPSA) is 59.1 Å². The van der Waals surface area contributed by atoms with E-state index >= 15 is 0 Å². The average Bonchev–Trinajstić information content (AvgIpc) is 2.22. The largest absolute Gasteiger partial charge is 0.280 e. The number of anilines is 1. The summed E-state index contributed by atoms with van der Waals surface area (Å²) in [7, 11) is -3.44. The lowest BCUT2D eigenvalue weighted by molar-refractivity contribution is 0.588. The van der Waals surface area contributed by atoms with Crippen molar-refractivity contribution in [2.75, 3.05) is 16.4 Å². The van der Waals surface area contributed by atoms with Gasteiger partial charge >= 0.3 is 0 Å². The molecule has 0 saturated carbocycles. The van der Waals surface area contributed by atoms with Gasteiger partial charge in [0.05, 0.1) is 11.4 Å². The van der Waals surface area contributed by atoms with E-state index in [-0.39, 0.29) is 16.8 Å². The van der Waals surface area contributed by atoms with Gasteiger partial charge in [0.15, 0.2) is 5.15 Å². The molecule has 0 spiro atoms. The summed E-state index contributed by atoms with van der Waals surface area (Å²) < 4.78 is 26.0. The smallest absolute Gasteiger partial charge is 0.233 e. The zero-order chi connectivity index (χ0) is 13.1. The highest BCUT2D eigenvalue weighted by Crippen LogP contribution is 2.21. The van der Waals surface area contributed by atoms with Crippen molar-refractivity contribution < 1.29 is 8.42 Å². The summed E-state index contributed by atoms with van der Waals surface area (Å²) in [6, 6.07) is 1.64. The molecule has 0 bridgehead atoms. The van der Waals surface area contributed by atoms with Crippen molar-refractivity contribution in [1.82, 2.24) is 4.98 Å². The molecule has 17 heavy (non-hydrogen) atoms. The summed E-state index contributed by atoms with van der Waals surface area (Å²) >= 11 is 11.4. The molecule has 0 aliphatic heterocycles. The minimum atomic E-state index is -3.44. The highest BCUT2D eigenvalue weighted by molar-refractivity contribution is 7.92. The lowest BCUT2D eigenvalue weighted by Crippen LogP contribution is -2.22. The van der Waals surface area contributed by atoms with Crippen LogP contribution in [0.3, 0.4) is 0 Å². The summed E-state index contributed by atoms with van der Waals surface area (Å²) in [5, 5.41) is 0.137. The molecular weight excluding hydrogens is 283 g/mol. The predicted octanol–water partition coefficient (Wildman–Crippen LogP) is 2.66. The predicted molar refractivity (Wildman–Crippen MR) is 71.3 cm³/mol. The van der Waals surface area contributed by atoms with E-state index in [0.29, 0.717) is 11.6 Å². The fraction of sp³-hybridized carbons (Fsp3) is 0.500. The Kier molecular flexibility index (Phi) is 5.04. The number of rotatable bonds is 5. The zero-order valence-electron chi connectivity index (χ0n) is 9.57. The normalized spacial score (nSPS) is 13.4. The summed E-state index contributed by atoms with van der Waals surface area (Å²) in [5.74, 6) is 0.132. The van der Waals surface area contributed by atoms with Gasteiger partial charge in [-0.3, -0.25) is 4.72 Å². The number of nitrogens with zero attached hydrogens (tertiary/aromatic N) is 1. The molecule has 0 radical (unpaired) electrons. The monoisotopic (exact) mass is 296 g/mol. The molecule has 0 aliphatic rings. The first-order valence-electron chi connectivity index (χ1n) is 5.02. The Morgan fingerprint density at radius 3 is 2.76 bits per heavy atom. The average molecular weight is 297 g/mol. The molecule has 0 aliphatic carbocycles. The Labute approximate surface area is 111 Å². The van der Waals surface area contributed by atoms with Crippen LogP contribution in [0.1, 0.15) is 12.5 Å². The van der Waals surface area contributed by atoms with Crippen molar-refractivity contribution in [3.05, 3.63) is 23.0 Å². The Morgan fingerprint density at radius 2 is 2.18 bits per heavy atom. The van der Waals surface area contributed by atoms with Crippen LogP contribution in [0.2, 0.25) is 5.15 Å². The summed E-state index contributed by atoms with van der Waals surface area (Å²) in [6.45, 7) is 3.57. The maximum Gasteiger partial charge on any atom is 0.233 e. The number of halogens is 2. The second kappa shape index (κ2) is 5.89. The van der Waals surface area contributed by atoms with Gasteiger partial charge in [-0.15, -0.1) is 11.6 Å². The van der Waals surface area contributed by atoms with E-state index in [1.807, 2.05) is 6.92 Å². The Morgan fingerprint density at radius 1 is 1.53 bits per heavy atom. The van der Waals surface area contributed by atoms with Crippen molar-refractivity contribution in [2.24, 2.45) is 5.92 Å². The van der Waals surface area contributed by atoms with Crippen LogP contribution in [-0.4, -0.2) is 25.0 Å². The third-order valence-corrected chi connectivity index (χ3v) is 4.38. The SMILES string of the molecule is Cc1cnc(Cl)c(NS(=O)(=O)CC(C)CCl)c1. The standard InChI is InChI=1S/C10H14Cl2N2O2S/c1-7-3-9(10(12)13-5-7)14-17(15,16)6-8(2)4-11/h3,5,8,14H,4,6H2,1-2H3. The van der Waals surface area contributed by atoms with Crippen molar-refractivity contribution >= 4 is 38.9 Å². The number of sulfonamides is 1. The van der Waals surface area contributed by atoms with Gasteiger partial charge in [0.25, 0.3) is 0 Å². The fourth-order valence-corrected chi connectivity index (χ4v) is 3.14. The van der Waals surface area contributed by atoms with Crippen LogP contribution in [0.25, 0.3) is 0 Å².